The fourth-order valence-corrected chi connectivity index (χ4v) is 3.44. The number of nitrogens with zero attached hydrogens (tertiary/aromatic N) is 3. The van der Waals surface area contributed by atoms with Gasteiger partial charge in [-0.05, 0) is 60.5 Å². The topological polar surface area (TPSA) is 45.1 Å². The predicted octanol–water partition coefficient (Wildman–Crippen LogP) is 5.15. The Kier molecular flexibility index (Phi) is 5.35. The van der Waals surface area contributed by atoms with E-state index in [4.69, 9.17) is 4.74 Å². The smallest absolute Gasteiger partial charge is 0.317 e. The van der Waals surface area contributed by atoms with Crippen molar-refractivity contribution in [3.05, 3.63) is 95.7 Å². The van der Waals surface area contributed by atoms with Crippen molar-refractivity contribution < 1.29 is 9.53 Å². The molecule has 5 heteroatoms. The van der Waals surface area contributed by atoms with Gasteiger partial charge in [0.15, 0.2) is 5.76 Å². The number of anilines is 3. The van der Waals surface area contributed by atoms with E-state index in [2.05, 4.69) is 9.89 Å². The van der Waals surface area contributed by atoms with Crippen LogP contribution in [-0.2, 0) is 9.53 Å². The Labute approximate surface area is 176 Å². The monoisotopic (exact) mass is 397 g/mol. The Balaban J connectivity index is 1.66. The first kappa shape index (κ1) is 19.5. The number of benzene rings is 3. The molecule has 1 amide bonds. The van der Waals surface area contributed by atoms with Gasteiger partial charge in [0.25, 0.3) is 0 Å². The molecule has 0 unspecified atom stereocenters. The molecule has 1 heterocycles. The number of para-hydroxylation sites is 2. The van der Waals surface area contributed by atoms with Crippen molar-refractivity contribution in [2.24, 2.45) is 4.99 Å². The zero-order valence-electron chi connectivity index (χ0n) is 17.2. The van der Waals surface area contributed by atoms with Crippen molar-refractivity contribution >= 4 is 35.1 Å². The maximum absolute atomic E-state index is 12.6. The van der Waals surface area contributed by atoms with Crippen LogP contribution in [0.5, 0.6) is 0 Å². The number of carbonyl (C=O) groups is 1. The van der Waals surface area contributed by atoms with Gasteiger partial charge in [0.1, 0.15) is 0 Å². The van der Waals surface area contributed by atoms with Gasteiger partial charge in [-0.3, -0.25) is 9.69 Å². The third-order valence-electron chi connectivity index (χ3n) is 4.83. The maximum atomic E-state index is 12.6. The number of ether oxygens (including phenoxy) is 1. The lowest BCUT2D eigenvalue weighted by molar-refractivity contribution is -0.115. The Hall–Kier alpha value is -3.86. The average Bonchev–Trinajstić information content (AvgIpc) is 3.09. The Morgan fingerprint density at radius 2 is 1.47 bits per heavy atom. The molecule has 0 bridgehead atoms. The molecule has 0 aromatic heterocycles. The minimum Gasteiger partial charge on any atom is -0.419 e. The molecule has 0 saturated carbocycles. The Bertz CT molecular complexity index is 1080. The van der Waals surface area contributed by atoms with Crippen molar-refractivity contribution in [3.8, 4) is 0 Å². The van der Waals surface area contributed by atoms with E-state index in [9.17, 15) is 4.79 Å². The summed E-state index contributed by atoms with van der Waals surface area (Å²) in [5, 5.41) is 0. The third kappa shape index (κ3) is 3.96. The SMILES string of the molecule is Cc1cc(/C=C2/OC(N(c3ccccc3)c3ccccc3)=NC2=O)ccc1N(C)C. The van der Waals surface area contributed by atoms with Crippen LogP contribution in [0.3, 0.4) is 0 Å². The van der Waals surface area contributed by atoms with E-state index < -0.39 is 5.91 Å². The van der Waals surface area contributed by atoms with Crippen molar-refractivity contribution in [1.82, 2.24) is 0 Å². The van der Waals surface area contributed by atoms with Crippen LogP contribution in [0.1, 0.15) is 11.1 Å². The molecular weight excluding hydrogens is 374 g/mol. The molecule has 4 rings (SSSR count). The van der Waals surface area contributed by atoms with E-state index in [0.29, 0.717) is 0 Å². The quantitative estimate of drug-likeness (QED) is 0.571. The molecule has 0 radical (unpaired) electrons. The summed E-state index contributed by atoms with van der Waals surface area (Å²) in [6.45, 7) is 2.04. The van der Waals surface area contributed by atoms with Crippen LogP contribution in [0, 0.1) is 6.92 Å². The predicted molar refractivity (Wildman–Crippen MR) is 122 cm³/mol. The van der Waals surface area contributed by atoms with Crippen LogP contribution in [0.15, 0.2) is 89.6 Å². The van der Waals surface area contributed by atoms with E-state index in [-0.39, 0.29) is 11.8 Å². The Morgan fingerprint density at radius 3 is 2.00 bits per heavy atom. The van der Waals surface area contributed by atoms with Crippen LogP contribution in [0.25, 0.3) is 6.08 Å². The Morgan fingerprint density at radius 1 is 0.867 bits per heavy atom. The molecule has 3 aromatic rings. The largest absolute Gasteiger partial charge is 0.419 e. The highest BCUT2D eigenvalue weighted by molar-refractivity contribution is 6.14. The molecule has 5 nitrogen and oxygen atoms in total. The maximum Gasteiger partial charge on any atom is 0.317 e. The summed E-state index contributed by atoms with van der Waals surface area (Å²) < 4.78 is 5.94. The summed E-state index contributed by atoms with van der Waals surface area (Å²) in [6.07, 6.45) is 1.74. The number of carbonyl (C=O) groups excluding carboxylic acids is 1. The molecule has 0 N–H and O–H groups in total. The lowest BCUT2D eigenvalue weighted by atomic mass is 10.1. The molecule has 30 heavy (non-hydrogen) atoms. The number of amides is 1. The summed E-state index contributed by atoms with van der Waals surface area (Å²) in [7, 11) is 4.01. The van der Waals surface area contributed by atoms with Gasteiger partial charge < -0.3 is 9.64 Å². The van der Waals surface area contributed by atoms with Gasteiger partial charge in [0, 0.05) is 19.8 Å². The first-order chi connectivity index (χ1) is 14.5. The van der Waals surface area contributed by atoms with Crippen molar-refractivity contribution in [2.45, 2.75) is 6.92 Å². The fourth-order valence-electron chi connectivity index (χ4n) is 3.44. The third-order valence-corrected chi connectivity index (χ3v) is 4.83. The first-order valence-electron chi connectivity index (χ1n) is 9.74. The number of hydrogen-bond donors (Lipinski definition) is 0. The number of amidine groups is 1. The first-order valence-corrected chi connectivity index (χ1v) is 9.74. The number of aryl methyl sites for hydroxylation is 1. The fraction of sp³-hybridized carbons (Fsp3) is 0.120. The van der Waals surface area contributed by atoms with Gasteiger partial charge in [-0.15, -0.1) is 0 Å². The lowest BCUT2D eigenvalue weighted by Gasteiger charge is -2.23. The van der Waals surface area contributed by atoms with Gasteiger partial charge in [-0.2, -0.15) is 4.99 Å². The second-order valence-electron chi connectivity index (χ2n) is 7.26. The molecule has 0 aliphatic carbocycles. The van der Waals surface area contributed by atoms with Crippen LogP contribution < -0.4 is 9.80 Å². The van der Waals surface area contributed by atoms with Crippen LogP contribution >= 0.6 is 0 Å². The summed E-state index contributed by atoms with van der Waals surface area (Å²) >= 11 is 0. The molecule has 0 spiro atoms. The lowest BCUT2D eigenvalue weighted by Crippen LogP contribution is -2.25. The molecule has 1 aliphatic rings. The van der Waals surface area contributed by atoms with Crippen LogP contribution in [0.2, 0.25) is 0 Å². The summed E-state index contributed by atoms with van der Waals surface area (Å²) in [5.41, 5.74) is 4.87. The summed E-state index contributed by atoms with van der Waals surface area (Å²) in [6, 6.07) is 25.7. The highest BCUT2D eigenvalue weighted by Crippen LogP contribution is 2.30. The number of rotatable bonds is 4. The zero-order chi connectivity index (χ0) is 21.1. The molecular formula is C25H23N3O2. The highest BCUT2D eigenvalue weighted by Gasteiger charge is 2.29. The van der Waals surface area contributed by atoms with Crippen molar-refractivity contribution in [1.29, 1.82) is 0 Å². The average molecular weight is 397 g/mol. The standard InChI is InChI=1S/C25H23N3O2/c1-18-16-19(14-15-22(18)27(2)3)17-23-24(29)26-25(30-23)28(20-10-6-4-7-11-20)21-12-8-5-9-13-21/h4-17H,1-3H3/b23-17+. The molecule has 1 aliphatic heterocycles. The van der Waals surface area contributed by atoms with Gasteiger partial charge >= 0.3 is 11.9 Å². The van der Waals surface area contributed by atoms with E-state index in [1.807, 2.05) is 105 Å². The second kappa shape index (κ2) is 8.25. The van der Waals surface area contributed by atoms with Crippen LogP contribution in [-0.4, -0.2) is 26.0 Å². The molecule has 3 aromatic carbocycles. The molecule has 0 atom stereocenters. The highest BCUT2D eigenvalue weighted by atomic mass is 16.5. The van der Waals surface area contributed by atoms with Crippen molar-refractivity contribution in [3.63, 3.8) is 0 Å². The minimum atomic E-state index is -0.392. The summed E-state index contributed by atoms with van der Waals surface area (Å²) in [5.74, 6) is -0.185. The van der Waals surface area contributed by atoms with Crippen molar-refractivity contribution in [2.75, 3.05) is 23.9 Å². The molecule has 0 saturated heterocycles. The minimum absolute atomic E-state index is 0.207. The van der Waals surface area contributed by atoms with E-state index in [1.165, 1.54) is 0 Å². The summed E-state index contributed by atoms with van der Waals surface area (Å²) in [4.78, 5) is 20.7. The van der Waals surface area contributed by atoms with Gasteiger partial charge in [-0.1, -0.05) is 42.5 Å². The number of hydrogen-bond acceptors (Lipinski definition) is 4. The van der Waals surface area contributed by atoms with Gasteiger partial charge in [0.2, 0.25) is 0 Å². The van der Waals surface area contributed by atoms with E-state index in [0.717, 1.165) is 28.2 Å². The molecule has 150 valence electrons. The van der Waals surface area contributed by atoms with Gasteiger partial charge in [0.05, 0.1) is 11.4 Å². The normalized spacial score (nSPS) is 14.4. The number of aliphatic imine (C=N–C) groups is 1. The van der Waals surface area contributed by atoms with Crippen LogP contribution in [0.4, 0.5) is 17.1 Å². The second-order valence-corrected chi connectivity index (χ2v) is 7.26. The zero-order valence-corrected chi connectivity index (χ0v) is 17.2. The molecule has 0 fully saturated rings. The van der Waals surface area contributed by atoms with E-state index >= 15 is 0 Å². The van der Waals surface area contributed by atoms with E-state index in [1.54, 1.807) is 6.08 Å². The van der Waals surface area contributed by atoms with Gasteiger partial charge in [-0.25, -0.2) is 0 Å².